The molecule has 1 aromatic carbocycles. The third kappa shape index (κ3) is 3.28. The molecule has 2 aromatic rings. The normalized spacial score (nSPS) is 12.6. The highest BCUT2D eigenvalue weighted by Crippen LogP contribution is 2.24. The molecular formula is C13H14ClFN2S. The Morgan fingerprint density at radius 3 is 2.94 bits per heavy atom. The van der Waals surface area contributed by atoms with Crippen LogP contribution in [0.2, 0.25) is 5.02 Å². The zero-order valence-corrected chi connectivity index (χ0v) is 11.6. The summed E-state index contributed by atoms with van der Waals surface area (Å²) < 4.78 is 13.2. The molecule has 2 rings (SSSR count). The van der Waals surface area contributed by atoms with Crippen LogP contribution in [0.1, 0.15) is 23.4 Å². The van der Waals surface area contributed by atoms with Crippen LogP contribution in [0.25, 0.3) is 0 Å². The summed E-state index contributed by atoms with van der Waals surface area (Å²) in [5.41, 5.74) is 2.81. The van der Waals surface area contributed by atoms with Crippen molar-refractivity contribution < 1.29 is 4.39 Å². The number of aromatic nitrogens is 1. The Balaban J connectivity index is 2.20. The van der Waals surface area contributed by atoms with Gasteiger partial charge in [0, 0.05) is 23.5 Å². The molecule has 0 bridgehead atoms. The molecule has 0 aliphatic rings. The molecule has 0 aliphatic heterocycles. The molecule has 0 saturated carbocycles. The van der Waals surface area contributed by atoms with E-state index in [2.05, 4.69) is 10.3 Å². The zero-order valence-electron chi connectivity index (χ0n) is 9.99. The monoisotopic (exact) mass is 284 g/mol. The maximum absolute atomic E-state index is 13.2. The van der Waals surface area contributed by atoms with E-state index < -0.39 is 0 Å². The minimum Gasteiger partial charge on any atom is -0.310 e. The molecule has 1 N–H and O–H groups in total. The van der Waals surface area contributed by atoms with E-state index in [0.29, 0.717) is 0 Å². The van der Waals surface area contributed by atoms with Gasteiger partial charge in [-0.15, -0.1) is 11.3 Å². The second-order valence-corrected chi connectivity index (χ2v) is 5.33. The molecule has 0 saturated heterocycles. The van der Waals surface area contributed by atoms with Crippen LogP contribution in [-0.4, -0.2) is 11.5 Å². The number of hydrogen-bond donors (Lipinski definition) is 1. The summed E-state index contributed by atoms with van der Waals surface area (Å²) in [7, 11) is 0. The predicted octanol–water partition coefficient (Wildman–Crippen LogP) is 3.83. The van der Waals surface area contributed by atoms with Crippen molar-refractivity contribution >= 4 is 22.9 Å². The van der Waals surface area contributed by atoms with Crippen LogP contribution in [0.3, 0.4) is 0 Å². The van der Waals surface area contributed by atoms with Gasteiger partial charge in [-0.3, -0.25) is 4.98 Å². The summed E-state index contributed by atoms with van der Waals surface area (Å²) in [4.78, 5) is 5.26. The van der Waals surface area contributed by atoms with E-state index in [1.165, 1.54) is 10.9 Å². The summed E-state index contributed by atoms with van der Waals surface area (Å²) >= 11 is 7.45. The topological polar surface area (TPSA) is 24.9 Å². The van der Waals surface area contributed by atoms with Gasteiger partial charge in [0.05, 0.1) is 10.5 Å². The fraction of sp³-hybridized carbons (Fsp3) is 0.308. The lowest BCUT2D eigenvalue weighted by Gasteiger charge is -2.17. The Kier molecular flexibility index (Phi) is 4.69. The first kappa shape index (κ1) is 13.5. The number of halogens is 2. The second-order valence-electron chi connectivity index (χ2n) is 3.96. The summed E-state index contributed by atoms with van der Waals surface area (Å²) in [6.45, 7) is 2.89. The van der Waals surface area contributed by atoms with Crippen molar-refractivity contribution in [3.05, 3.63) is 51.2 Å². The predicted molar refractivity (Wildman–Crippen MR) is 73.6 cm³/mol. The Labute approximate surface area is 115 Å². The molecule has 96 valence electrons. The Bertz CT molecular complexity index is 502. The molecule has 5 heteroatoms. The van der Waals surface area contributed by atoms with Crippen molar-refractivity contribution in [3.8, 4) is 0 Å². The van der Waals surface area contributed by atoms with E-state index in [1.54, 1.807) is 23.5 Å². The molecule has 18 heavy (non-hydrogen) atoms. The zero-order chi connectivity index (χ0) is 13.0. The van der Waals surface area contributed by atoms with Crippen molar-refractivity contribution in [1.82, 2.24) is 10.3 Å². The van der Waals surface area contributed by atoms with Gasteiger partial charge in [-0.1, -0.05) is 24.6 Å². The van der Waals surface area contributed by atoms with Gasteiger partial charge in [0.1, 0.15) is 5.82 Å². The lowest BCUT2D eigenvalue weighted by molar-refractivity contribution is 0.550. The molecule has 0 fully saturated rings. The van der Waals surface area contributed by atoms with E-state index in [1.807, 2.05) is 18.6 Å². The standard InChI is InChI=1S/C13H14ClFN2S/c1-2-17-13(6-10-7-16-8-18-10)9-3-4-12(15)11(14)5-9/h3-5,7-8,13,17H,2,6H2,1H3. The van der Waals surface area contributed by atoms with Gasteiger partial charge in [0.2, 0.25) is 0 Å². The number of likely N-dealkylation sites (N-methyl/N-ethyl adjacent to an activating group) is 1. The van der Waals surface area contributed by atoms with E-state index in [0.717, 1.165) is 18.5 Å². The quantitative estimate of drug-likeness (QED) is 0.903. The lowest BCUT2D eigenvalue weighted by atomic mass is 10.0. The number of benzene rings is 1. The van der Waals surface area contributed by atoms with Crippen molar-refractivity contribution in [2.75, 3.05) is 6.54 Å². The molecule has 1 heterocycles. The summed E-state index contributed by atoms with van der Waals surface area (Å²) in [5.74, 6) is -0.381. The lowest BCUT2D eigenvalue weighted by Crippen LogP contribution is -2.22. The third-order valence-corrected chi connectivity index (χ3v) is 3.78. The third-order valence-electron chi connectivity index (χ3n) is 2.69. The number of nitrogens with one attached hydrogen (secondary N) is 1. The van der Waals surface area contributed by atoms with E-state index in [9.17, 15) is 4.39 Å². The summed E-state index contributed by atoms with van der Waals surface area (Å²) in [5, 5.41) is 3.55. The maximum atomic E-state index is 13.2. The average molecular weight is 285 g/mol. The number of thiazole rings is 1. The van der Waals surface area contributed by atoms with E-state index in [4.69, 9.17) is 11.6 Å². The molecule has 0 amide bonds. The van der Waals surface area contributed by atoms with Gasteiger partial charge in [0.25, 0.3) is 0 Å². The summed E-state index contributed by atoms with van der Waals surface area (Å²) in [6.07, 6.45) is 2.70. The first-order chi connectivity index (χ1) is 8.70. The highest BCUT2D eigenvalue weighted by atomic mass is 35.5. The smallest absolute Gasteiger partial charge is 0.141 e. The minimum absolute atomic E-state index is 0.133. The van der Waals surface area contributed by atoms with Crippen LogP contribution in [0.15, 0.2) is 29.9 Å². The van der Waals surface area contributed by atoms with Gasteiger partial charge in [0.15, 0.2) is 0 Å². The van der Waals surface area contributed by atoms with Crippen LogP contribution >= 0.6 is 22.9 Å². The van der Waals surface area contributed by atoms with Crippen LogP contribution in [0, 0.1) is 5.82 Å². The SMILES string of the molecule is CCNC(Cc1cncs1)c1ccc(F)c(Cl)c1. The molecule has 1 atom stereocenters. The number of rotatable bonds is 5. The number of hydrogen-bond acceptors (Lipinski definition) is 3. The van der Waals surface area contributed by atoms with Crippen LogP contribution < -0.4 is 5.32 Å². The van der Waals surface area contributed by atoms with Crippen LogP contribution in [0.5, 0.6) is 0 Å². The van der Waals surface area contributed by atoms with Gasteiger partial charge >= 0.3 is 0 Å². The van der Waals surface area contributed by atoms with E-state index in [-0.39, 0.29) is 16.9 Å². The van der Waals surface area contributed by atoms with Crippen molar-refractivity contribution in [2.45, 2.75) is 19.4 Å². The fourth-order valence-corrected chi connectivity index (χ4v) is 2.66. The summed E-state index contributed by atoms with van der Waals surface area (Å²) in [6, 6.07) is 5.00. The van der Waals surface area contributed by atoms with Gasteiger partial charge < -0.3 is 5.32 Å². The molecule has 0 aliphatic carbocycles. The van der Waals surface area contributed by atoms with Crippen molar-refractivity contribution in [2.24, 2.45) is 0 Å². The Hall–Kier alpha value is -0.970. The van der Waals surface area contributed by atoms with Gasteiger partial charge in [-0.2, -0.15) is 0 Å². The fourth-order valence-electron chi connectivity index (χ4n) is 1.83. The van der Waals surface area contributed by atoms with Gasteiger partial charge in [-0.05, 0) is 24.2 Å². The maximum Gasteiger partial charge on any atom is 0.141 e. The molecule has 0 radical (unpaired) electrons. The van der Waals surface area contributed by atoms with Crippen LogP contribution in [-0.2, 0) is 6.42 Å². The largest absolute Gasteiger partial charge is 0.310 e. The second kappa shape index (κ2) is 6.27. The minimum atomic E-state index is -0.381. The highest BCUT2D eigenvalue weighted by Gasteiger charge is 2.13. The average Bonchev–Trinajstić information content (AvgIpc) is 2.85. The highest BCUT2D eigenvalue weighted by molar-refractivity contribution is 7.09. The first-order valence-corrected chi connectivity index (χ1v) is 7.02. The molecular weight excluding hydrogens is 271 g/mol. The van der Waals surface area contributed by atoms with Crippen molar-refractivity contribution in [3.63, 3.8) is 0 Å². The first-order valence-electron chi connectivity index (χ1n) is 5.76. The van der Waals surface area contributed by atoms with Crippen LogP contribution in [0.4, 0.5) is 4.39 Å². The van der Waals surface area contributed by atoms with Gasteiger partial charge in [-0.25, -0.2) is 4.39 Å². The number of nitrogens with zero attached hydrogens (tertiary/aromatic N) is 1. The van der Waals surface area contributed by atoms with Crippen molar-refractivity contribution in [1.29, 1.82) is 0 Å². The Morgan fingerprint density at radius 1 is 1.50 bits per heavy atom. The molecule has 1 unspecified atom stereocenters. The Morgan fingerprint density at radius 2 is 2.33 bits per heavy atom. The molecule has 2 nitrogen and oxygen atoms in total. The molecule has 1 aromatic heterocycles. The molecule has 0 spiro atoms. The van der Waals surface area contributed by atoms with E-state index >= 15 is 0 Å².